The third kappa shape index (κ3) is 4.20. The number of ether oxygens (including phenoxy) is 1. The van der Waals surface area contributed by atoms with Gasteiger partial charge in [0.25, 0.3) is 0 Å². The molecule has 23 heavy (non-hydrogen) atoms. The van der Waals surface area contributed by atoms with Gasteiger partial charge in [-0.3, -0.25) is 5.41 Å². The van der Waals surface area contributed by atoms with Crippen molar-refractivity contribution in [2.45, 2.75) is 19.9 Å². The van der Waals surface area contributed by atoms with E-state index in [0.29, 0.717) is 40.7 Å². The third-order valence-electron chi connectivity index (χ3n) is 3.32. The lowest BCUT2D eigenvalue weighted by molar-refractivity contribution is 0.281. The van der Waals surface area contributed by atoms with Crippen LogP contribution in [-0.2, 0) is 0 Å². The molecule has 0 radical (unpaired) electrons. The van der Waals surface area contributed by atoms with Crippen molar-refractivity contribution in [1.29, 1.82) is 5.41 Å². The fourth-order valence-electron chi connectivity index (χ4n) is 2.13. The van der Waals surface area contributed by atoms with Gasteiger partial charge in [-0.05, 0) is 44.2 Å². The molecule has 1 heterocycles. The summed E-state index contributed by atoms with van der Waals surface area (Å²) in [5.41, 5.74) is 8.12. The van der Waals surface area contributed by atoms with Gasteiger partial charge in [-0.25, -0.2) is 4.98 Å². The Hall–Kier alpha value is -2.60. The van der Waals surface area contributed by atoms with Crippen molar-refractivity contribution in [2.24, 2.45) is 0 Å². The van der Waals surface area contributed by atoms with Crippen molar-refractivity contribution in [3.8, 4) is 5.75 Å². The Balaban J connectivity index is 2.30. The summed E-state index contributed by atoms with van der Waals surface area (Å²) in [7, 11) is 0. The maximum Gasteiger partial charge on any atom is 0.126 e. The van der Waals surface area contributed by atoms with E-state index in [1.807, 2.05) is 13.8 Å². The molecule has 0 spiro atoms. The summed E-state index contributed by atoms with van der Waals surface area (Å²) in [5.74, 6) is 1.29. The second-order valence-electron chi connectivity index (χ2n) is 5.21. The van der Waals surface area contributed by atoms with Gasteiger partial charge in [0.2, 0.25) is 0 Å². The van der Waals surface area contributed by atoms with Crippen molar-refractivity contribution >= 4 is 17.2 Å². The zero-order valence-corrected chi connectivity index (χ0v) is 13.3. The van der Waals surface area contributed by atoms with Crippen molar-refractivity contribution in [3.05, 3.63) is 47.7 Å². The van der Waals surface area contributed by atoms with Gasteiger partial charge in [0.05, 0.1) is 18.9 Å². The van der Waals surface area contributed by atoms with Crippen LogP contribution in [0.5, 0.6) is 5.75 Å². The van der Waals surface area contributed by atoms with Crippen LogP contribution in [0.15, 0.2) is 36.5 Å². The lowest BCUT2D eigenvalue weighted by Gasteiger charge is -2.14. The van der Waals surface area contributed by atoms with Crippen LogP contribution in [0.4, 0.5) is 11.5 Å². The molecule has 1 aromatic carbocycles. The standard InChI is InChI=1S/C17H22N4O2/c1-3-23-13-4-5-15(18)14(9-13)17(19)12-6-7-20-16(8-12)21-11(2)10-22/h4-9,11,19,22H,3,10,18H2,1-2H3,(H,20,21). The topological polar surface area (TPSA) is 104 Å². The average molecular weight is 314 g/mol. The second-order valence-corrected chi connectivity index (χ2v) is 5.21. The number of anilines is 2. The largest absolute Gasteiger partial charge is 0.494 e. The van der Waals surface area contributed by atoms with E-state index in [1.54, 1.807) is 36.5 Å². The number of hydrogen-bond acceptors (Lipinski definition) is 6. The van der Waals surface area contributed by atoms with Gasteiger partial charge >= 0.3 is 0 Å². The van der Waals surface area contributed by atoms with Crippen LogP contribution in [0.3, 0.4) is 0 Å². The van der Waals surface area contributed by atoms with Gasteiger partial charge in [0.1, 0.15) is 11.6 Å². The van der Waals surface area contributed by atoms with E-state index in [9.17, 15) is 0 Å². The van der Waals surface area contributed by atoms with Gasteiger partial charge in [-0.15, -0.1) is 0 Å². The van der Waals surface area contributed by atoms with E-state index >= 15 is 0 Å². The van der Waals surface area contributed by atoms with Gasteiger partial charge in [-0.1, -0.05) is 0 Å². The smallest absolute Gasteiger partial charge is 0.126 e. The molecule has 0 aliphatic carbocycles. The van der Waals surface area contributed by atoms with Crippen LogP contribution in [0, 0.1) is 5.41 Å². The van der Waals surface area contributed by atoms with E-state index in [2.05, 4.69) is 10.3 Å². The van der Waals surface area contributed by atoms with Crippen molar-refractivity contribution < 1.29 is 9.84 Å². The molecule has 0 saturated carbocycles. The SMILES string of the molecule is CCOc1ccc(N)c(C(=N)c2ccnc(NC(C)CO)c2)c1. The van der Waals surface area contributed by atoms with Crippen LogP contribution in [0.2, 0.25) is 0 Å². The van der Waals surface area contributed by atoms with Gasteiger partial charge in [0, 0.05) is 29.1 Å². The number of aliphatic hydroxyl groups excluding tert-OH is 1. The molecule has 2 rings (SSSR count). The van der Waals surface area contributed by atoms with E-state index < -0.39 is 0 Å². The molecular weight excluding hydrogens is 292 g/mol. The minimum Gasteiger partial charge on any atom is -0.494 e. The predicted molar refractivity (Wildman–Crippen MR) is 92.4 cm³/mol. The minimum absolute atomic E-state index is 0.00665. The molecule has 122 valence electrons. The molecule has 5 N–H and O–H groups in total. The van der Waals surface area contributed by atoms with Gasteiger partial charge < -0.3 is 20.9 Å². The highest BCUT2D eigenvalue weighted by Gasteiger charge is 2.11. The average Bonchev–Trinajstić information content (AvgIpc) is 2.56. The summed E-state index contributed by atoms with van der Waals surface area (Å²) in [6, 6.07) is 8.70. The van der Waals surface area contributed by atoms with Crippen LogP contribution in [-0.4, -0.2) is 35.1 Å². The fraction of sp³-hybridized carbons (Fsp3) is 0.294. The molecule has 1 atom stereocenters. The number of nitrogens with one attached hydrogen (secondary N) is 2. The van der Waals surface area contributed by atoms with Crippen LogP contribution in [0.1, 0.15) is 25.0 Å². The summed E-state index contributed by atoms with van der Waals surface area (Å²) >= 11 is 0. The molecule has 0 aliphatic heterocycles. The first-order valence-electron chi connectivity index (χ1n) is 7.50. The zero-order valence-electron chi connectivity index (χ0n) is 13.3. The van der Waals surface area contributed by atoms with Crippen molar-refractivity contribution in [2.75, 3.05) is 24.3 Å². The highest BCUT2D eigenvalue weighted by atomic mass is 16.5. The maximum absolute atomic E-state index is 9.11. The molecule has 2 aromatic rings. The normalized spacial score (nSPS) is 11.8. The number of nitrogens with two attached hydrogens (primary N) is 1. The Morgan fingerprint density at radius 1 is 1.39 bits per heavy atom. The number of rotatable bonds is 7. The number of pyridine rings is 1. The Kier molecular flexibility index (Phi) is 5.54. The van der Waals surface area contributed by atoms with Gasteiger partial charge in [-0.2, -0.15) is 0 Å². The Morgan fingerprint density at radius 2 is 2.17 bits per heavy atom. The number of nitrogens with zero attached hydrogens (tertiary/aromatic N) is 1. The molecule has 0 amide bonds. The lowest BCUT2D eigenvalue weighted by Crippen LogP contribution is -2.20. The maximum atomic E-state index is 9.11. The Bertz CT molecular complexity index is 688. The van der Waals surface area contributed by atoms with Crippen LogP contribution < -0.4 is 15.8 Å². The number of hydrogen-bond donors (Lipinski definition) is 4. The molecule has 0 saturated heterocycles. The quantitative estimate of drug-likeness (QED) is 0.463. The summed E-state index contributed by atoms with van der Waals surface area (Å²) in [6.45, 7) is 4.32. The Morgan fingerprint density at radius 3 is 2.87 bits per heavy atom. The number of benzene rings is 1. The second kappa shape index (κ2) is 7.60. The van der Waals surface area contributed by atoms with E-state index in [1.165, 1.54) is 0 Å². The highest BCUT2D eigenvalue weighted by Crippen LogP contribution is 2.23. The molecule has 0 fully saturated rings. The molecule has 1 unspecified atom stereocenters. The first-order valence-corrected chi connectivity index (χ1v) is 7.50. The van der Waals surface area contributed by atoms with E-state index in [-0.39, 0.29) is 12.6 Å². The molecule has 1 aromatic heterocycles. The first kappa shape index (κ1) is 16.8. The summed E-state index contributed by atoms with van der Waals surface area (Å²) < 4.78 is 5.47. The number of aromatic nitrogens is 1. The Labute approximate surface area is 135 Å². The number of aliphatic hydroxyl groups is 1. The minimum atomic E-state index is -0.113. The van der Waals surface area contributed by atoms with Gasteiger partial charge in [0.15, 0.2) is 0 Å². The lowest BCUT2D eigenvalue weighted by atomic mass is 10.0. The van der Waals surface area contributed by atoms with Crippen LogP contribution in [0.25, 0.3) is 0 Å². The molecular formula is C17H22N4O2. The predicted octanol–water partition coefficient (Wildman–Crippen LogP) is 2.27. The fourth-order valence-corrected chi connectivity index (χ4v) is 2.13. The zero-order chi connectivity index (χ0) is 16.8. The molecule has 0 bridgehead atoms. The van der Waals surface area contributed by atoms with Crippen molar-refractivity contribution in [3.63, 3.8) is 0 Å². The summed E-state index contributed by atoms with van der Waals surface area (Å²) in [6.07, 6.45) is 1.62. The van der Waals surface area contributed by atoms with Crippen molar-refractivity contribution in [1.82, 2.24) is 4.98 Å². The summed E-state index contributed by atoms with van der Waals surface area (Å²) in [5, 5.41) is 20.6. The number of nitrogen functional groups attached to an aromatic ring is 1. The molecule has 0 aliphatic rings. The van der Waals surface area contributed by atoms with Crippen LogP contribution >= 0.6 is 0 Å². The third-order valence-corrected chi connectivity index (χ3v) is 3.32. The molecule has 6 heteroatoms. The highest BCUT2D eigenvalue weighted by molar-refractivity contribution is 6.14. The summed E-state index contributed by atoms with van der Waals surface area (Å²) in [4.78, 5) is 4.20. The van der Waals surface area contributed by atoms with E-state index in [0.717, 1.165) is 0 Å². The molecule has 6 nitrogen and oxygen atoms in total. The van der Waals surface area contributed by atoms with E-state index in [4.69, 9.17) is 21.0 Å². The first-order chi connectivity index (χ1) is 11.0. The monoisotopic (exact) mass is 314 g/mol.